The number of halogens is 1. The van der Waals surface area contributed by atoms with Crippen LogP contribution < -0.4 is 5.56 Å². The Morgan fingerprint density at radius 1 is 1.05 bits per heavy atom. The normalized spacial score (nSPS) is 14.5. The third-order valence-electron chi connectivity index (χ3n) is 4.43. The Kier molecular flexibility index (Phi) is 3.08. The summed E-state index contributed by atoms with van der Waals surface area (Å²) in [6.45, 7) is 0. The predicted molar refractivity (Wildman–Crippen MR) is 91.6 cm³/mol. The average molecular weight is 310 g/mol. The van der Waals surface area contributed by atoms with Crippen molar-refractivity contribution in [3.05, 3.63) is 69.6 Å². The van der Waals surface area contributed by atoms with Crippen molar-refractivity contribution in [2.24, 2.45) is 7.05 Å². The Morgan fingerprint density at radius 3 is 2.45 bits per heavy atom. The van der Waals surface area contributed by atoms with E-state index in [1.807, 2.05) is 41.9 Å². The van der Waals surface area contributed by atoms with Crippen LogP contribution in [0.5, 0.6) is 0 Å². The van der Waals surface area contributed by atoms with Crippen LogP contribution >= 0.6 is 11.6 Å². The molecule has 110 valence electrons. The molecular weight excluding hydrogens is 294 g/mol. The number of hydrogen-bond acceptors (Lipinski definition) is 1. The van der Waals surface area contributed by atoms with E-state index in [1.54, 1.807) is 6.07 Å². The summed E-state index contributed by atoms with van der Waals surface area (Å²) in [5, 5.41) is 2.36. The van der Waals surface area contributed by atoms with Crippen molar-refractivity contribution in [2.45, 2.75) is 18.8 Å². The van der Waals surface area contributed by atoms with Crippen LogP contribution in [0.2, 0.25) is 5.02 Å². The molecule has 1 fully saturated rings. The maximum atomic E-state index is 12.7. The molecule has 0 aliphatic heterocycles. The number of pyridine rings is 1. The van der Waals surface area contributed by atoms with Crippen molar-refractivity contribution in [1.29, 1.82) is 0 Å². The lowest BCUT2D eigenvalue weighted by atomic mass is 9.95. The largest absolute Gasteiger partial charge is 0.314 e. The van der Waals surface area contributed by atoms with Crippen LogP contribution in [0.15, 0.2) is 53.3 Å². The molecule has 1 heterocycles. The molecule has 1 aliphatic rings. The van der Waals surface area contributed by atoms with Gasteiger partial charge in [0.25, 0.3) is 5.56 Å². The van der Waals surface area contributed by atoms with Gasteiger partial charge in [-0.25, -0.2) is 0 Å². The van der Waals surface area contributed by atoms with Gasteiger partial charge in [-0.1, -0.05) is 41.9 Å². The van der Waals surface area contributed by atoms with Crippen LogP contribution in [0.1, 0.15) is 24.5 Å². The molecule has 4 rings (SSSR count). The summed E-state index contributed by atoms with van der Waals surface area (Å²) < 4.78 is 1.83. The molecule has 22 heavy (non-hydrogen) atoms. The van der Waals surface area contributed by atoms with E-state index in [1.165, 1.54) is 0 Å². The van der Waals surface area contributed by atoms with E-state index >= 15 is 0 Å². The minimum atomic E-state index is 0.0632. The summed E-state index contributed by atoms with van der Waals surface area (Å²) in [4.78, 5) is 12.7. The second-order valence-electron chi connectivity index (χ2n) is 5.95. The zero-order chi connectivity index (χ0) is 15.3. The minimum Gasteiger partial charge on any atom is -0.314 e. The highest BCUT2D eigenvalue weighted by atomic mass is 35.5. The fourth-order valence-corrected chi connectivity index (χ4v) is 3.42. The Hall–Kier alpha value is -2.06. The number of rotatable bonds is 2. The maximum absolute atomic E-state index is 12.7. The highest BCUT2D eigenvalue weighted by Crippen LogP contribution is 2.45. The molecule has 0 saturated heterocycles. The van der Waals surface area contributed by atoms with Crippen molar-refractivity contribution < 1.29 is 0 Å². The van der Waals surface area contributed by atoms with E-state index in [0.29, 0.717) is 10.9 Å². The highest BCUT2D eigenvalue weighted by Gasteiger charge is 2.30. The fraction of sp³-hybridized carbons (Fsp3) is 0.211. The summed E-state index contributed by atoms with van der Waals surface area (Å²) >= 11 is 6.21. The van der Waals surface area contributed by atoms with Crippen molar-refractivity contribution >= 4 is 22.4 Å². The lowest BCUT2D eigenvalue weighted by Crippen LogP contribution is -2.21. The van der Waals surface area contributed by atoms with Crippen LogP contribution in [0.3, 0.4) is 0 Å². The predicted octanol–water partition coefficient (Wildman–Crippen LogP) is 4.74. The van der Waals surface area contributed by atoms with Crippen LogP contribution in [0.25, 0.3) is 21.9 Å². The molecule has 1 saturated carbocycles. The van der Waals surface area contributed by atoms with Crippen molar-refractivity contribution in [3.8, 4) is 11.1 Å². The molecular formula is C19H16ClNO. The van der Waals surface area contributed by atoms with Gasteiger partial charge in [0.05, 0.1) is 0 Å². The SMILES string of the molecule is Cn1c(C2CC2)c(-c2ccccc2)c2cc(Cl)ccc2c1=O. The Balaban J connectivity index is 2.20. The lowest BCUT2D eigenvalue weighted by molar-refractivity contribution is 0.789. The molecule has 3 aromatic rings. The quantitative estimate of drug-likeness (QED) is 0.670. The summed E-state index contributed by atoms with van der Waals surface area (Å²) in [6, 6.07) is 15.8. The van der Waals surface area contributed by atoms with Gasteiger partial charge in [0, 0.05) is 28.7 Å². The second kappa shape index (κ2) is 4.99. The van der Waals surface area contributed by atoms with Crippen LogP contribution in [0, 0.1) is 0 Å². The first kappa shape index (κ1) is 13.6. The zero-order valence-electron chi connectivity index (χ0n) is 12.3. The van der Waals surface area contributed by atoms with Crippen molar-refractivity contribution in [3.63, 3.8) is 0 Å². The van der Waals surface area contributed by atoms with Gasteiger partial charge in [-0.05, 0) is 47.9 Å². The van der Waals surface area contributed by atoms with Crippen LogP contribution in [0.4, 0.5) is 0 Å². The molecule has 0 atom stereocenters. The Bertz CT molecular complexity index is 924. The van der Waals surface area contributed by atoms with Gasteiger partial charge in [0.2, 0.25) is 0 Å². The van der Waals surface area contributed by atoms with Crippen molar-refractivity contribution in [2.75, 3.05) is 0 Å². The van der Waals surface area contributed by atoms with Gasteiger partial charge in [0.1, 0.15) is 0 Å². The molecule has 0 bridgehead atoms. The number of aromatic nitrogens is 1. The van der Waals surface area contributed by atoms with Gasteiger partial charge in [0.15, 0.2) is 0 Å². The Morgan fingerprint density at radius 2 is 1.77 bits per heavy atom. The first-order chi connectivity index (χ1) is 10.7. The minimum absolute atomic E-state index is 0.0632. The molecule has 0 unspecified atom stereocenters. The summed E-state index contributed by atoms with van der Waals surface area (Å²) in [7, 11) is 1.89. The number of fused-ring (bicyclic) bond motifs is 1. The van der Waals surface area contributed by atoms with Gasteiger partial charge >= 0.3 is 0 Å². The summed E-state index contributed by atoms with van der Waals surface area (Å²) in [6.07, 6.45) is 2.30. The second-order valence-corrected chi connectivity index (χ2v) is 6.39. The molecule has 3 heteroatoms. The third kappa shape index (κ3) is 2.06. The van der Waals surface area contributed by atoms with E-state index < -0.39 is 0 Å². The topological polar surface area (TPSA) is 22.0 Å². The summed E-state index contributed by atoms with van der Waals surface area (Å²) in [5.74, 6) is 0.483. The molecule has 2 nitrogen and oxygen atoms in total. The smallest absolute Gasteiger partial charge is 0.258 e. The van der Waals surface area contributed by atoms with E-state index in [9.17, 15) is 4.79 Å². The molecule has 0 spiro atoms. The number of benzene rings is 2. The van der Waals surface area contributed by atoms with E-state index in [-0.39, 0.29) is 5.56 Å². The van der Waals surface area contributed by atoms with E-state index in [4.69, 9.17) is 11.6 Å². The average Bonchev–Trinajstić information content (AvgIpc) is 3.36. The first-order valence-electron chi connectivity index (χ1n) is 7.54. The molecule has 1 aromatic heterocycles. The Labute approximate surface area is 134 Å². The zero-order valence-corrected chi connectivity index (χ0v) is 13.1. The fourth-order valence-electron chi connectivity index (χ4n) is 3.25. The standard InChI is InChI=1S/C19H16ClNO/c1-21-18(13-7-8-13)17(12-5-3-2-4-6-12)16-11-14(20)9-10-15(16)19(21)22/h2-6,9-11,13H,7-8H2,1H3. The maximum Gasteiger partial charge on any atom is 0.258 e. The highest BCUT2D eigenvalue weighted by molar-refractivity contribution is 6.31. The third-order valence-corrected chi connectivity index (χ3v) is 4.67. The van der Waals surface area contributed by atoms with E-state index in [0.717, 1.165) is 40.4 Å². The van der Waals surface area contributed by atoms with Gasteiger partial charge < -0.3 is 4.57 Å². The van der Waals surface area contributed by atoms with Crippen LogP contribution in [-0.4, -0.2) is 4.57 Å². The number of hydrogen-bond donors (Lipinski definition) is 0. The molecule has 1 aliphatic carbocycles. The van der Waals surface area contributed by atoms with E-state index in [2.05, 4.69) is 12.1 Å². The molecule has 0 N–H and O–H groups in total. The monoisotopic (exact) mass is 309 g/mol. The van der Waals surface area contributed by atoms with Gasteiger partial charge in [-0.2, -0.15) is 0 Å². The lowest BCUT2D eigenvalue weighted by Gasteiger charge is -2.17. The molecule has 0 amide bonds. The molecule has 2 aromatic carbocycles. The van der Waals surface area contributed by atoms with Gasteiger partial charge in [-0.3, -0.25) is 4.79 Å². The first-order valence-corrected chi connectivity index (χ1v) is 7.92. The number of nitrogens with zero attached hydrogens (tertiary/aromatic N) is 1. The van der Waals surface area contributed by atoms with Crippen molar-refractivity contribution in [1.82, 2.24) is 4.57 Å². The molecule has 0 radical (unpaired) electrons. The van der Waals surface area contributed by atoms with Gasteiger partial charge in [-0.15, -0.1) is 0 Å². The van der Waals surface area contributed by atoms with Crippen LogP contribution in [-0.2, 0) is 7.05 Å². The summed E-state index contributed by atoms with van der Waals surface area (Å²) in [5.41, 5.74) is 3.51.